The maximum Gasteiger partial charge on any atom is 0.387 e. The molecule has 7 heteroatoms. The number of carbonyl (C=O) groups excluding carboxylic acids is 1. The minimum Gasteiger partial charge on any atom is -0.434 e. The van der Waals surface area contributed by atoms with Gasteiger partial charge in [0.25, 0.3) is 5.91 Å². The van der Waals surface area contributed by atoms with Crippen molar-refractivity contribution in [2.45, 2.75) is 6.61 Å². The normalized spacial score (nSPS) is 10.6. The van der Waals surface area contributed by atoms with Crippen LogP contribution >= 0.6 is 0 Å². The molecule has 5 nitrogen and oxygen atoms in total. The van der Waals surface area contributed by atoms with E-state index < -0.39 is 12.5 Å². The molecular formula is C17H13F2N3O2. The number of nitrogens with one attached hydrogen (secondary N) is 1. The molecule has 0 aliphatic rings. The quantitative estimate of drug-likeness (QED) is 0.776. The number of benzene rings is 2. The van der Waals surface area contributed by atoms with Crippen LogP contribution in [0.3, 0.4) is 0 Å². The number of hydrogen-bond acceptors (Lipinski definition) is 3. The average Bonchev–Trinajstić information content (AvgIpc) is 3.10. The van der Waals surface area contributed by atoms with Gasteiger partial charge in [-0.05, 0) is 42.5 Å². The van der Waals surface area contributed by atoms with E-state index in [1.165, 1.54) is 18.2 Å². The van der Waals surface area contributed by atoms with E-state index in [2.05, 4.69) is 15.2 Å². The molecule has 0 radical (unpaired) electrons. The molecule has 0 aliphatic carbocycles. The predicted octanol–water partition coefficient (Wildman–Crippen LogP) is 3.73. The van der Waals surface area contributed by atoms with E-state index in [4.69, 9.17) is 0 Å². The molecule has 0 saturated carbocycles. The number of alkyl halides is 2. The minimum atomic E-state index is -2.99. The lowest BCUT2D eigenvalue weighted by atomic mass is 10.2. The molecule has 0 atom stereocenters. The van der Waals surface area contributed by atoms with Crippen molar-refractivity contribution in [3.63, 3.8) is 0 Å². The van der Waals surface area contributed by atoms with Crippen molar-refractivity contribution in [2.24, 2.45) is 0 Å². The van der Waals surface area contributed by atoms with Gasteiger partial charge in [0.2, 0.25) is 0 Å². The van der Waals surface area contributed by atoms with Gasteiger partial charge in [0, 0.05) is 18.1 Å². The fraction of sp³-hybridized carbons (Fsp3) is 0.0588. The molecule has 2 aromatic carbocycles. The number of carbonyl (C=O) groups is 1. The van der Waals surface area contributed by atoms with Crippen molar-refractivity contribution in [3.05, 3.63) is 72.6 Å². The summed E-state index contributed by atoms with van der Waals surface area (Å²) < 4.78 is 30.9. The Hall–Kier alpha value is -3.22. The first kappa shape index (κ1) is 15.7. The number of halogens is 2. The standard InChI is InChI=1S/C17H13F2N3O2/c18-17(19)24-15-5-2-1-4-14(15)16(23)21-12-6-8-13(9-7-12)22-11-3-10-20-22/h1-11,17H,(H,21,23). The van der Waals surface area contributed by atoms with Crippen molar-refractivity contribution >= 4 is 11.6 Å². The van der Waals surface area contributed by atoms with Gasteiger partial charge in [0.1, 0.15) is 5.75 Å². The summed E-state index contributed by atoms with van der Waals surface area (Å²) in [5.41, 5.74) is 1.40. The fourth-order valence-corrected chi connectivity index (χ4v) is 2.17. The van der Waals surface area contributed by atoms with Crippen molar-refractivity contribution in [1.29, 1.82) is 0 Å². The maximum absolute atomic E-state index is 12.4. The second-order valence-electron chi connectivity index (χ2n) is 4.83. The van der Waals surface area contributed by atoms with Gasteiger partial charge >= 0.3 is 6.61 Å². The predicted molar refractivity (Wildman–Crippen MR) is 84.6 cm³/mol. The monoisotopic (exact) mass is 329 g/mol. The van der Waals surface area contributed by atoms with Crippen LogP contribution in [0.25, 0.3) is 5.69 Å². The molecule has 3 aromatic rings. The van der Waals surface area contributed by atoms with E-state index in [0.29, 0.717) is 5.69 Å². The van der Waals surface area contributed by atoms with Gasteiger partial charge < -0.3 is 10.1 Å². The molecular weight excluding hydrogens is 316 g/mol. The summed E-state index contributed by atoms with van der Waals surface area (Å²) in [4.78, 5) is 12.3. The van der Waals surface area contributed by atoms with Gasteiger partial charge in [-0.2, -0.15) is 13.9 Å². The fourth-order valence-electron chi connectivity index (χ4n) is 2.17. The minimum absolute atomic E-state index is 0.0361. The molecule has 24 heavy (non-hydrogen) atoms. The lowest BCUT2D eigenvalue weighted by Crippen LogP contribution is -2.15. The first-order valence-corrected chi connectivity index (χ1v) is 7.09. The second-order valence-corrected chi connectivity index (χ2v) is 4.83. The highest BCUT2D eigenvalue weighted by molar-refractivity contribution is 6.06. The number of para-hydroxylation sites is 1. The molecule has 1 N–H and O–H groups in total. The van der Waals surface area contributed by atoms with Crippen LogP contribution in [0.1, 0.15) is 10.4 Å². The van der Waals surface area contributed by atoms with Crippen LogP contribution in [-0.4, -0.2) is 22.3 Å². The summed E-state index contributed by atoms with van der Waals surface area (Å²) in [7, 11) is 0. The van der Waals surface area contributed by atoms with Gasteiger partial charge in [-0.1, -0.05) is 12.1 Å². The summed E-state index contributed by atoms with van der Waals surface area (Å²) >= 11 is 0. The van der Waals surface area contributed by atoms with E-state index in [-0.39, 0.29) is 11.3 Å². The summed E-state index contributed by atoms with van der Waals surface area (Å²) in [5.74, 6) is -0.698. The third-order valence-electron chi connectivity index (χ3n) is 3.24. The van der Waals surface area contributed by atoms with E-state index in [9.17, 15) is 13.6 Å². The maximum atomic E-state index is 12.4. The summed E-state index contributed by atoms with van der Waals surface area (Å²) in [6.45, 7) is -2.99. The molecule has 0 fully saturated rings. The van der Waals surface area contributed by atoms with Crippen molar-refractivity contribution < 1.29 is 18.3 Å². The smallest absolute Gasteiger partial charge is 0.387 e. The zero-order chi connectivity index (χ0) is 16.9. The van der Waals surface area contributed by atoms with Crippen molar-refractivity contribution in [1.82, 2.24) is 9.78 Å². The number of rotatable bonds is 5. The average molecular weight is 329 g/mol. The first-order valence-electron chi connectivity index (χ1n) is 7.09. The molecule has 122 valence electrons. The Morgan fingerprint density at radius 2 is 1.83 bits per heavy atom. The van der Waals surface area contributed by atoms with E-state index in [1.807, 2.05) is 0 Å². The number of amides is 1. The first-order chi connectivity index (χ1) is 11.6. The van der Waals surface area contributed by atoms with Gasteiger partial charge in [0.15, 0.2) is 0 Å². The number of nitrogens with zero attached hydrogens (tertiary/aromatic N) is 2. The molecule has 0 saturated heterocycles. The molecule has 1 amide bonds. The Morgan fingerprint density at radius 3 is 2.50 bits per heavy atom. The molecule has 0 spiro atoms. The van der Waals surface area contributed by atoms with Gasteiger partial charge in [-0.3, -0.25) is 4.79 Å². The van der Waals surface area contributed by atoms with Gasteiger partial charge in [-0.25, -0.2) is 4.68 Å². The highest BCUT2D eigenvalue weighted by Gasteiger charge is 2.15. The lowest BCUT2D eigenvalue weighted by Gasteiger charge is -2.11. The number of anilines is 1. The Balaban J connectivity index is 1.75. The van der Waals surface area contributed by atoms with Crippen molar-refractivity contribution in [2.75, 3.05) is 5.32 Å². The van der Waals surface area contributed by atoms with Gasteiger partial charge in [0.05, 0.1) is 11.3 Å². The molecule has 0 aliphatic heterocycles. The lowest BCUT2D eigenvalue weighted by molar-refractivity contribution is -0.0501. The van der Waals surface area contributed by atoms with E-state index >= 15 is 0 Å². The number of ether oxygens (including phenoxy) is 1. The van der Waals surface area contributed by atoms with Crippen LogP contribution in [0.2, 0.25) is 0 Å². The Bertz CT molecular complexity index is 818. The van der Waals surface area contributed by atoms with Crippen LogP contribution in [0.15, 0.2) is 67.0 Å². The molecule has 0 bridgehead atoms. The Kier molecular flexibility index (Phi) is 4.51. The van der Waals surface area contributed by atoms with Crippen LogP contribution in [0.4, 0.5) is 14.5 Å². The summed E-state index contributed by atoms with van der Waals surface area (Å²) in [6, 6.07) is 14.6. The number of aromatic nitrogens is 2. The zero-order valence-corrected chi connectivity index (χ0v) is 12.4. The Morgan fingerprint density at radius 1 is 1.08 bits per heavy atom. The van der Waals surface area contributed by atoms with Crippen LogP contribution in [0.5, 0.6) is 5.75 Å². The second kappa shape index (κ2) is 6.91. The third kappa shape index (κ3) is 3.57. The van der Waals surface area contributed by atoms with E-state index in [0.717, 1.165) is 5.69 Å². The highest BCUT2D eigenvalue weighted by Crippen LogP contribution is 2.22. The third-order valence-corrected chi connectivity index (χ3v) is 3.24. The molecule has 1 aromatic heterocycles. The SMILES string of the molecule is O=C(Nc1ccc(-n2cccn2)cc1)c1ccccc1OC(F)F. The zero-order valence-electron chi connectivity index (χ0n) is 12.4. The Labute approximate surface area is 136 Å². The topological polar surface area (TPSA) is 56.2 Å². The van der Waals surface area contributed by atoms with Gasteiger partial charge in [-0.15, -0.1) is 0 Å². The summed E-state index contributed by atoms with van der Waals surface area (Å²) in [6.07, 6.45) is 3.46. The van der Waals surface area contributed by atoms with Crippen LogP contribution < -0.4 is 10.1 Å². The highest BCUT2D eigenvalue weighted by atomic mass is 19.3. The molecule has 1 heterocycles. The largest absolute Gasteiger partial charge is 0.434 e. The summed E-state index contributed by atoms with van der Waals surface area (Å²) in [5, 5.41) is 6.76. The van der Waals surface area contributed by atoms with Crippen LogP contribution in [-0.2, 0) is 0 Å². The number of hydrogen-bond donors (Lipinski definition) is 1. The van der Waals surface area contributed by atoms with E-state index in [1.54, 1.807) is 53.5 Å². The molecule has 3 rings (SSSR count). The molecule has 0 unspecified atom stereocenters. The van der Waals surface area contributed by atoms with Crippen LogP contribution in [0, 0.1) is 0 Å². The van der Waals surface area contributed by atoms with Crippen molar-refractivity contribution in [3.8, 4) is 11.4 Å².